The standard InChI is InChI=1S/C11H9N3O5/c15-11(16)6-10-13-12-9(19-10)5-7-3-1-2-4-8(7)14(17)18/h1-4H,5-6H2,(H,15,16). The van der Waals surface area contributed by atoms with Crippen LogP contribution in [-0.2, 0) is 17.6 Å². The van der Waals surface area contributed by atoms with Crippen LogP contribution in [0.4, 0.5) is 5.69 Å². The van der Waals surface area contributed by atoms with Crippen LogP contribution in [0.25, 0.3) is 0 Å². The van der Waals surface area contributed by atoms with E-state index in [4.69, 9.17) is 9.52 Å². The molecule has 0 amide bonds. The molecule has 0 saturated carbocycles. The van der Waals surface area contributed by atoms with Crippen LogP contribution in [0.3, 0.4) is 0 Å². The second-order valence-electron chi connectivity index (χ2n) is 3.72. The summed E-state index contributed by atoms with van der Waals surface area (Å²) >= 11 is 0. The average molecular weight is 263 g/mol. The van der Waals surface area contributed by atoms with Crippen LogP contribution in [0.2, 0.25) is 0 Å². The number of hydrogen-bond donors (Lipinski definition) is 1. The molecule has 2 rings (SSSR count). The highest BCUT2D eigenvalue weighted by atomic mass is 16.6. The van der Waals surface area contributed by atoms with Crippen LogP contribution in [0.5, 0.6) is 0 Å². The SMILES string of the molecule is O=C(O)Cc1nnc(Cc2ccccc2[N+](=O)[O-])o1. The van der Waals surface area contributed by atoms with Crippen molar-refractivity contribution in [2.45, 2.75) is 12.8 Å². The minimum atomic E-state index is -1.08. The van der Waals surface area contributed by atoms with Gasteiger partial charge in [0, 0.05) is 11.6 Å². The summed E-state index contributed by atoms with van der Waals surface area (Å²) in [5.74, 6) is -0.965. The molecule has 1 aromatic carbocycles. The summed E-state index contributed by atoms with van der Waals surface area (Å²) in [6.07, 6.45) is -0.284. The van der Waals surface area contributed by atoms with Gasteiger partial charge < -0.3 is 9.52 Å². The number of nitrogens with zero attached hydrogens (tertiary/aromatic N) is 3. The van der Waals surface area contributed by atoms with Crippen molar-refractivity contribution in [3.8, 4) is 0 Å². The molecule has 0 bridgehead atoms. The lowest BCUT2D eigenvalue weighted by Crippen LogP contribution is -1.99. The van der Waals surface area contributed by atoms with E-state index >= 15 is 0 Å². The van der Waals surface area contributed by atoms with Crippen LogP contribution in [0.1, 0.15) is 17.3 Å². The van der Waals surface area contributed by atoms with Gasteiger partial charge in [-0.3, -0.25) is 14.9 Å². The number of rotatable bonds is 5. The highest BCUT2D eigenvalue weighted by Gasteiger charge is 2.16. The minimum absolute atomic E-state index is 0.0268. The van der Waals surface area contributed by atoms with Gasteiger partial charge in [0.25, 0.3) is 5.69 Å². The van der Waals surface area contributed by atoms with Crippen molar-refractivity contribution >= 4 is 11.7 Å². The Morgan fingerprint density at radius 3 is 2.68 bits per heavy atom. The molecule has 0 aliphatic carbocycles. The molecule has 0 unspecified atom stereocenters. The van der Waals surface area contributed by atoms with Crippen LogP contribution in [-0.4, -0.2) is 26.2 Å². The van der Waals surface area contributed by atoms with E-state index in [9.17, 15) is 14.9 Å². The van der Waals surface area contributed by atoms with Gasteiger partial charge in [0.05, 0.1) is 11.3 Å². The molecular formula is C11H9N3O5. The molecule has 0 saturated heterocycles. The summed E-state index contributed by atoms with van der Waals surface area (Å²) in [6.45, 7) is 0. The van der Waals surface area contributed by atoms with Crippen molar-refractivity contribution in [1.82, 2.24) is 10.2 Å². The van der Waals surface area contributed by atoms with E-state index in [1.807, 2.05) is 0 Å². The molecule has 0 atom stereocenters. The highest BCUT2D eigenvalue weighted by Crippen LogP contribution is 2.20. The zero-order valence-electron chi connectivity index (χ0n) is 9.65. The normalized spacial score (nSPS) is 10.3. The molecule has 0 spiro atoms. The van der Waals surface area contributed by atoms with Gasteiger partial charge in [-0.25, -0.2) is 0 Å². The number of carbonyl (C=O) groups is 1. The predicted molar refractivity (Wildman–Crippen MR) is 61.5 cm³/mol. The third-order valence-electron chi connectivity index (χ3n) is 2.34. The number of carboxylic acids is 1. The fraction of sp³-hybridized carbons (Fsp3) is 0.182. The van der Waals surface area contributed by atoms with Gasteiger partial charge in [0.2, 0.25) is 11.8 Å². The number of para-hydroxylation sites is 1. The maximum Gasteiger partial charge on any atom is 0.312 e. The Labute approximate surface area is 106 Å². The van der Waals surface area contributed by atoms with Gasteiger partial charge in [0.1, 0.15) is 6.42 Å². The first kappa shape index (κ1) is 12.7. The molecule has 8 nitrogen and oxygen atoms in total. The Balaban J connectivity index is 2.19. The van der Waals surface area contributed by atoms with Crippen LogP contribution < -0.4 is 0 Å². The maximum absolute atomic E-state index is 10.8. The number of nitro groups is 1. The summed E-state index contributed by atoms with van der Waals surface area (Å²) < 4.78 is 5.11. The molecule has 8 heteroatoms. The van der Waals surface area contributed by atoms with Crippen molar-refractivity contribution in [1.29, 1.82) is 0 Å². The first-order valence-corrected chi connectivity index (χ1v) is 5.31. The van der Waals surface area contributed by atoms with E-state index in [1.165, 1.54) is 6.07 Å². The zero-order chi connectivity index (χ0) is 13.8. The summed E-state index contributed by atoms with van der Waals surface area (Å²) in [5.41, 5.74) is 0.388. The van der Waals surface area contributed by atoms with E-state index < -0.39 is 10.9 Å². The smallest absolute Gasteiger partial charge is 0.312 e. The quantitative estimate of drug-likeness (QED) is 0.635. The Hall–Kier alpha value is -2.77. The Morgan fingerprint density at radius 1 is 1.32 bits per heavy atom. The molecule has 2 aromatic rings. The second-order valence-corrected chi connectivity index (χ2v) is 3.72. The molecule has 0 aliphatic rings. The number of carboxylic acid groups (broad SMARTS) is 1. The summed E-state index contributed by atoms with van der Waals surface area (Å²) in [7, 11) is 0. The fourth-order valence-electron chi connectivity index (χ4n) is 1.56. The Morgan fingerprint density at radius 2 is 2.00 bits per heavy atom. The summed E-state index contributed by atoms with van der Waals surface area (Å²) in [4.78, 5) is 20.8. The number of nitro benzene ring substituents is 1. The lowest BCUT2D eigenvalue weighted by molar-refractivity contribution is -0.385. The van der Waals surface area contributed by atoms with E-state index in [1.54, 1.807) is 18.2 Å². The number of hydrogen-bond acceptors (Lipinski definition) is 6. The predicted octanol–water partition coefficient (Wildman–Crippen LogP) is 1.20. The van der Waals surface area contributed by atoms with Crippen molar-refractivity contribution in [2.24, 2.45) is 0 Å². The Kier molecular flexibility index (Phi) is 3.51. The summed E-state index contributed by atoms with van der Waals surface area (Å²) in [5, 5.41) is 26.6. The molecule has 0 radical (unpaired) electrons. The monoisotopic (exact) mass is 263 g/mol. The third kappa shape index (κ3) is 3.12. The molecule has 19 heavy (non-hydrogen) atoms. The van der Waals surface area contributed by atoms with Crippen molar-refractivity contribution in [3.05, 3.63) is 51.7 Å². The molecule has 1 N–H and O–H groups in total. The number of aliphatic carboxylic acids is 1. The molecule has 1 aromatic heterocycles. The number of benzene rings is 1. The molecular weight excluding hydrogens is 254 g/mol. The minimum Gasteiger partial charge on any atom is -0.481 e. The second kappa shape index (κ2) is 5.25. The topological polar surface area (TPSA) is 119 Å². The van der Waals surface area contributed by atoms with E-state index in [2.05, 4.69) is 10.2 Å². The average Bonchev–Trinajstić information content (AvgIpc) is 2.76. The first-order valence-electron chi connectivity index (χ1n) is 5.31. The lowest BCUT2D eigenvalue weighted by atomic mass is 10.1. The third-order valence-corrected chi connectivity index (χ3v) is 2.34. The lowest BCUT2D eigenvalue weighted by Gasteiger charge is -1.98. The van der Waals surface area contributed by atoms with Crippen LogP contribution in [0.15, 0.2) is 28.7 Å². The Bertz CT molecular complexity index is 622. The van der Waals surface area contributed by atoms with Gasteiger partial charge in [-0.15, -0.1) is 10.2 Å². The van der Waals surface area contributed by atoms with E-state index in [-0.39, 0.29) is 30.3 Å². The highest BCUT2D eigenvalue weighted by molar-refractivity contribution is 5.68. The van der Waals surface area contributed by atoms with Crippen LogP contribution in [0, 0.1) is 10.1 Å². The van der Waals surface area contributed by atoms with Crippen LogP contribution >= 0.6 is 0 Å². The van der Waals surface area contributed by atoms with Gasteiger partial charge in [-0.05, 0) is 0 Å². The molecule has 0 fully saturated rings. The van der Waals surface area contributed by atoms with Crippen molar-refractivity contribution in [2.75, 3.05) is 0 Å². The van der Waals surface area contributed by atoms with E-state index in [0.29, 0.717) is 5.56 Å². The fourth-order valence-corrected chi connectivity index (χ4v) is 1.56. The molecule has 98 valence electrons. The maximum atomic E-state index is 10.8. The van der Waals surface area contributed by atoms with Gasteiger partial charge in [0.15, 0.2) is 0 Å². The van der Waals surface area contributed by atoms with Gasteiger partial charge in [-0.2, -0.15) is 0 Å². The number of aromatic nitrogens is 2. The molecule has 0 aliphatic heterocycles. The van der Waals surface area contributed by atoms with Gasteiger partial charge >= 0.3 is 5.97 Å². The van der Waals surface area contributed by atoms with Crippen molar-refractivity contribution < 1.29 is 19.2 Å². The largest absolute Gasteiger partial charge is 0.481 e. The van der Waals surface area contributed by atoms with E-state index in [0.717, 1.165) is 0 Å². The van der Waals surface area contributed by atoms with Crippen molar-refractivity contribution in [3.63, 3.8) is 0 Å². The van der Waals surface area contributed by atoms with Gasteiger partial charge in [-0.1, -0.05) is 18.2 Å². The first-order chi connectivity index (χ1) is 9.06. The zero-order valence-corrected chi connectivity index (χ0v) is 9.65. The summed E-state index contributed by atoms with van der Waals surface area (Å²) in [6, 6.07) is 6.19. The molecule has 1 heterocycles.